The number of pyridine rings is 1. The van der Waals surface area contributed by atoms with Crippen LogP contribution in [-0.4, -0.2) is 11.5 Å². The maximum Gasteiger partial charge on any atom is 0.149 e. The maximum atomic E-state index is 5.88. The molecule has 0 saturated carbocycles. The van der Waals surface area contributed by atoms with Crippen molar-refractivity contribution in [3.63, 3.8) is 0 Å². The third-order valence-corrected chi connectivity index (χ3v) is 4.03. The van der Waals surface area contributed by atoms with Crippen LogP contribution in [0.1, 0.15) is 10.4 Å². The van der Waals surface area contributed by atoms with E-state index >= 15 is 0 Å². The number of aromatic nitrogens is 1. The van der Waals surface area contributed by atoms with Crippen LogP contribution < -0.4 is 11.1 Å². The van der Waals surface area contributed by atoms with Crippen LogP contribution in [0.25, 0.3) is 0 Å². The number of halogens is 1. The molecule has 3 nitrogen and oxygen atoms in total. The van der Waals surface area contributed by atoms with Crippen molar-refractivity contribution in [2.45, 2.75) is 13.3 Å². The highest BCUT2D eigenvalue weighted by Gasteiger charge is 2.01. The monoisotopic (exact) mass is 311 g/mol. The van der Waals surface area contributed by atoms with Crippen LogP contribution in [0.3, 0.4) is 0 Å². The lowest BCUT2D eigenvalue weighted by Gasteiger charge is -2.07. The third-order valence-electron chi connectivity index (χ3n) is 2.35. The minimum atomic E-state index is 0.706. The number of nitrogens with two attached hydrogens (primary N) is 1. The van der Waals surface area contributed by atoms with Crippen molar-refractivity contribution in [1.82, 2.24) is 4.98 Å². The molecule has 0 spiro atoms. The minimum absolute atomic E-state index is 0.706. The zero-order chi connectivity index (χ0) is 12.3. The van der Waals surface area contributed by atoms with Gasteiger partial charge in [-0.05, 0) is 53.0 Å². The summed E-state index contributed by atoms with van der Waals surface area (Å²) in [5.74, 6) is 0.770. The molecule has 0 aliphatic carbocycles. The van der Waals surface area contributed by atoms with Crippen LogP contribution in [0, 0.1) is 6.92 Å². The van der Waals surface area contributed by atoms with Crippen LogP contribution >= 0.6 is 27.3 Å². The van der Waals surface area contributed by atoms with E-state index in [2.05, 4.69) is 38.4 Å². The van der Waals surface area contributed by atoms with Crippen molar-refractivity contribution in [2.24, 2.45) is 0 Å². The molecule has 3 N–H and O–H groups in total. The number of nitrogen functional groups attached to an aromatic ring is 1. The number of anilines is 2. The average molecular weight is 312 g/mol. The summed E-state index contributed by atoms with van der Waals surface area (Å²) in [4.78, 5) is 5.61. The van der Waals surface area contributed by atoms with Crippen molar-refractivity contribution < 1.29 is 0 Å². The van der Waals surface area contributed by atoms with Crippen LogP contribution in [0.2, 0.25) is 0 Å². The van der Waals surface area contributed by atoms with E-state index in [0.717, 1.165) is 24.3 Å². The molecule has 0 saturated heterocycles. The first-order valence-electron chi connectivity index (χ1n) is 5.35. The molecule has 90 valence electrons. The molecular formula is C12H14BrN3S. The molecule has 0 atom stereocenters. The molecule has 0 aromatic carbocycles. The molecule has 5 heteroatoms. The first-order chi connectivity index (χ1) is 8.15. The lowest BCUT2D eigenvalue weighted by atomic mass is 10.3. The van der Waals surface area contributed by atoms with Crippen LogP contribution in [0.15, 0.2) is 28.2 Å². The second kappa shape index (κ2) is 5.51. The molecule has 0 aliphatic heterocycles. The molecule has 2 rings (SSSR count). The number of thiophene rings is 1. The second-order valence-corrected chi connectivity index (χ2v) is 6.38. The van der Waals surface area contributed by atoms with Crippen LogP contribution in [0.5, 0.6) is 0 Å². The Morgan fingerprint density at radius 3 is 2.94 bits per heavy atom. The molecule has 2 aromatic heterocycles. The fourth-order valence-electron chi connectivity index (χ4n) is 1.53. The Hall–Kier alpha value is -1.07. The Morgan fingerprint density at radius 1 is 1.47 bits per heavy atom. The summed E-state index contributed by atoms with van der Waals surface area (Å²) in [6, 6.07) is 6.12. The van der Waals surface area contributed by atoms with Gasteiger partial charge in [-0.25, -0.2) is 4.98 Å². The van der Waals surface area contributed by atoms with E-state index in [9.17, 15) is 0 Å². The highest BCUT2D eigenvalue weighted by molar-refractivity contribution is 9.11. The van der Waals surface area contributed by atoms with Gasteiger partial charge in [-0.15, -0.1) is 11.3 Å². The van der Waals surface area contributed by atoms with Gasteiger partial charge in [-0.2, -0.15) is 0 Å². The molecule has 2 heterocycles. The van der Waals surface area contributed by atoms with Crippen LogP contribution in [0.4, 0.5) is 11.5 Å². The molecule has 17 heavy (non-hydrogen) atoms. The summed E-state index contributed by atoms with van der Waals surface area (Å²) in [5, 5.41) is 3.25. The van der Waals surface area contributed by atoms with Crippen molar-refractivity contribution in [3.05, 3.63) is 38.6 Å². The summed E-state index contributed by atoms with van der Waals surface area (Å²) in [7, 11) is 0. The largest absolute Gasteiger partial charge is 0.396 e. The molecule has 0 aliphatic rings. The van der Waals surface area contributed by atoms with E-state index in [4.69, 9.17) is 5.73 Å². The van der Waals surface area contributed by atoms with Gasteiger partial charge in [0.25, 0.3) is 0 Å². The van der Waals surface area contributed by atoms with Gasteiger partial charge in [-0.1, -0.05) is 0 Å². The first kappa shape index (κ1) is 12.4. The Bertz CT molecular complexity index is 510. The predicted molar refractivity (Wildman–Crippen MR) is 77.6 cm³/mol. The van der Waals surface area contributed by atoms with Gasteiger partial charge in [0.05, 0.1) is 9.47 Å². The molecule has 2 aromatic rings. The molecule has 0 unspecified atom stereocenters. The molecule has 0 fully saturated rings. The summed E-state index contributed by atoms with van der Waals surface area (Å²) in [6.07, 6.45) is 2.80. The number of hydrogen-bond acceptors (Lipinski definition) is 4. The van der Waals surface area contributed by atoms with Gasteiger partial charge in [-0.3, -0.25) is 0 Å². The lowest BCUT2D eigenvalue weighted by molar-refractivity contribution is 1.03. The highest BCUT2D eigenvalue weighted by Crippen LogP contribution is 2.22. The number of nitrogens with zero attached hydrogens (tertiary/aromatic N) is 1. The summed E-state index contributed by atoms with van der Waals surface area (Å²) < 4.78 is 1.17. The number of aryl methyl sites for hydroxylation is 1. The lowest BCUT2D eigenvalue weighted by Crippen LogP contribution is -2.08. The number of hydrogen-bond donors (Lipinski definition) is 2. The smallest absolute Gasteiger partial charge is 0.149 e. The van der Waals surface area contributed by atoms with E-state index in [1.54, 1.807) is 11.3 Å². The van der Waals surface area contributed by atoms with Gasteiger partial charge >= 0.3 is 0 Å². The highest BCUT2D eigenvalue weighted by atomic mass is 79.9. The molecule has 0 radical (unpaired) electrons. The van der Waals surface area contributed by atoms with Crippen molar-refractivity contribution in [2.75, 3.05) is 17.6 Å². The van der Waals surface area contributed by atoms with Crippen molar-refractivity contribution in [3.8, 4) is 0 Å². The van der Waals surface area contributed by atoms with Crippen LogP contribution in [-0.2, 0) is 6.42 Å². The Kier molecular flexibility index (Phi) is 4.02. The van der Waals surface area contributed by atoms with Gasteiger partial charge in [0.2, 0.25) is 0 Å². The Balaban J connectivity index is 1.90. The second-order valence-electron chi connectivity index (χ2n) is 3.83. The molecule has 0 bridgehead atoms. The molecular weight excluding hydrogens is 298 g/mol. The predicted octanol–water partition coefficient (Wildman–Crippen LogP) is 3.45. The Labute approximate surface area is 113 Å². The minimum Gasteiger partial charge on any atom is -0.396 e. The number of rotatable bonds is 4. The topological polar surface area (TPSA) is 50.9 Å². The third kappa shape index (κ3) is 3.44. The zero-order valence-electron chi connectivity index (χ0n) is 9.53. The molecule has 0 amide bonds. The summed E-state index contributed by atoms with van der Waals surface area (Å²) in [5.41, 5.74) is 7.66. The van der Waals surface area contributed by atoms with E-state index in [1.807, 2.05) is 19.2 Å². The van der Waals surface area contributed by atoms with E-state index in [1.165, 1.54) is 8.66 Å². The maximum absolute atomic E-state index is 5.88. The quantitative estimate of drug-likeness (QED) is 0.909. The van der Waals surface area contributed by atoms with Crippen molar-refractivity contribution in [1.29, 1.82) is 0 Å². The fourth-order valence-corrected chi connectivity index (χ4v) is 3.01. The standard InChI is InChI=1S/C12H14BrN3S/c1-8-6-10(14)12(16-7-8)15-5-4-9-2-3-11(13)17-9/h2-3,6-7H,4-5,14H2,1H3,(H,15,16). The fraction of sp³-hybridized carbons (Fsp3) is 0.250. The van der Waals surface area contributed by atoms with Gasteiger partial charge in [0.1, 0.15) is 5.82 Å². The van der Waals surface area contributed by atoms with Crippen molar-refractivity contribution >= 4 is 38.8 Å². The normalized spacial score (nSPS) is 10.5. The Morgan fingerprint density at radius 2 is 2.29 bits per heavy atom. The average Bonchev–Trinajstić information content (AvgIpc) is 2.68. The van der Waals surface area contributed by atoms with Gasteiger partial charge < -0.3 is 11.1 Å². The van der Waals surface area contributed by atoms with E-state index in [0.29, 0.717) is 5.69 Å². The summed E-state index contributed by atoms with van der Waals surface area (Å²) >= 11 is 5.21. The van der Waals surface area contributed by atoms with Gasteiger partial charge in [0, 0.05) is 17.6 Å². The zero-order valence-corrected chi connectivity index (χ0v) is 11.9. The van der Waals surface area contributed by atoms with E-state index < -0.39 is 0 Å². The van der Waals surface area contributed by atoms with Gasteiger partial charge in [0.15, 0.2) is 0 Å². The van der Waals surface area contributed by atoms with E-state index in [-0.39, 0.29) is 0 Å². The number of nitrogens with one attached hydrogen (secondary N) is 1. The SMILES string of the molecule is Cc1cnc(NCCc2ccc(Br)s2)c(N)c1. The summed E-state index contributed by atoms with van der Waals surface area (Å²) in [6.45, 7) is 2.82. The first-order valence-corrected chi connectivity index (χ1v) is 6.96.